The maximum Gasteiger partial charge on any atom is 0.193 e. The number of hydrogen-bond acceptors (Lipinski definition) is 4. The zero-order valence-corrected chi connectivity index (χ0v) is 12.5. The van der Waals surface area contributed by atoms with Crippen LogP contribution < -0.4 is 14.8 Å². The molecule has 1 aromatic heterocycles. The quantitative estimate of drug-likeness (QED) is 0.883. The molecule has 0 aliphatic carbocycles. The number of rotatable bonds is 6. The third kappa shape index (κ3) is 3.08. The second-order valence-electron chi connectivity index (χ2n) is 4.24. The Hall–Kier alpha value is -1.65. The fourth-order valence-corrected chi connectivity index (χ4v) is 2.26. The summed E-state index contributed by atoms with van der Waals surface area (Å²) in [5.41, 5.74) is 0.973. The summed E-state index contributed by atoms with van der Waals surface area (Å²) < 4.78 is 16.2. The number of benzene rings is 1. The SMILES string of the molecule is CCNC(c1ccc(Cl)o1)c1ccc(OC)cc1OC. The zero-order chi connectivity index (χ0) is 14.5. The minimum Gasteiger partial charge on any atom is -0.497 e. The number of nitrogens with one attached hydrogen (secondary N) is 1. The minimum atomic E-state index is -0.117. The van der Waals surface area contributed by atoms with Crippen LogP contribution in [0.4, 0.5) is 0 Å². The van der Waals surface area contributed by atoms with Crippen molar-refractivity contribution in [2.75, 3.05) is 20.8 Å². The van der Waals surface area contributed by atoms with Crippen LogP contribution in [0.25, 0.3) is 0 Å². The summed E-state index contributed by atoms with van der Waals surface area (Å²) in [5.74, 6) is 2.24. The fraction of sp³-hybridized carbons (Fsp3) is 0.333. The monoisotopic (exact) mass is 295 g/mol. The van der Waals surface area contributed by atoms with Crippen LogP contribution in [0, 0.1) is 0 Å². The van der Waals surface area contributed by atoms with Crippen LogP contribution in [-0.2, 0) is 0 Å². The molecule has 2 rings (SSSR count). The average molecular weight is 296 g/mol. The Kier molecular flexibility index (Phi) is 4.93. The molecule has 1 heterocycles. The Balaban J connectivity index is 2.43. The molecule has 2 aromatic rings. The lowest BCUT2D eigenvalue weighted by Crippen LogP contribution is -2.22. The van der Waals surface area contributed by atoms with Crippen molar-refractivity contribution in [3.63, 3.8) is 0 Å². The highest BCUT2D eigenvalue weighted by Crippen LogP contribution is 2.34. The van der Waals surface area contributed by atoms with Crippen LogP contribution in [0.2, 0.25) is 5.22 Å². The highest BCUT2D eigenvalue weighted by Gasteiger charge is 2.21. The first-order valence-electron chi connectivity index (χ1n) is 6.40. The van der Waals surface area contributed by atoms with E-state index in [2.05, 4.69) is 5.32 Å². The van der Waals surface area contributed by atoms with Crippen LogP contribution >= 0.6 is 11.6 Å². The van der Waals surface area contributed by atoms with E-state index >= 15 is 0 Å². The lowest BCUT2D eigenvalue weighted by molar-refractivity contribution is 0.381. The van der Waals surface area contributed by atoms with E-state index in [1.54, 1.807) is 20.3 Å². The van der Waals surface area contributed by atoms with Gasteiger partial charge in [-0.15, -0.1) is 0 Å². The summed E-state index contributed by atoms with van der Waals surface area (Å²) in [7, 11) is 3.26. The van der Waals surface area contributed by atoms with Gasteiger partial charge in [0.05, 0.1) is 20.3 Å². The molecule has 0 saturated heterocycles. The van der Waals surface area contributed by atoms with E-state index in [4.69, 9.17) is 25.5 Å². The van der Waals surface area contributed by atoms with Gasteiger partial charge in [0.1, 0.15) is 17.3 Å². The molecule has 1 unspecified atom stereocenters. The molecular weight excluding hydrogens is 278 g/mol. The van der Waals surface area contributed by atoms with Gasteiger partial charge in [0, 0.05) is 11.6 Å². The summed E-state index contributed by atoms with van der Waals surface area (Å²) in [6.45, 7) is 2.83. The highest BCUT2D eigenvalue weighted by atomic mass is 35.5. The van der Waals surface area contributed by atoms with Crippen molar-refractivity contribution in [3.05, 3.63) is 46.9 Å². The van der Waals surface area contributed by atoms with Gasteiger partial charge in [0.2, 0.25) is 0 Å². The largest absolute Gasteiger partial charge is 0.497 e. The predicted octanol–water partition coefficient (Wildman–Crippen LogP) is 3.65. The third-order valence-electron chi connectivity index (χ3n) is 3.04. The predicted molar refractivity (Wildman–Crippen MR) is 78.8 cm³/mol. The molecule has 0 aliphatic heterocycles. The molecule has 0 aliphatic rings. The van der Waals surface area contributed by atoms with Gasteiger partial charge in [-0.25, -0.2) is 0 Å². The summed E-state index contributed by atoms with van der Waals surface area (Å²) in [6.07, 6.45) is 0. The average Bonchev–Trinajstić information content (AvgIpc) is 2.90. The van der Waals surface area contributed by atoms with Crippen LogP contribution in [0.5, 0.6) is 11.5 Å². The van der Waals surface area contributed by atoms with Gasteiger partial charge in [-0.2, -0.15) is 0 Å². The lowest BCUT2D eigenvalue weighted by atomic mass is 10.0. The number of halogens is 1. The molecule has 4 nitrogen and oxygen atoms in total. The molecule has 0 saturated carbocycles. The molecular formula is C15H18ClNO3. The van der Waals surface area contributed by atoms with Crippen LogP contribution in [0.3, 0.4) is 0 Å². The van der Waals surface area contributed by atoms with E-state index in [1.165, 1.54) is 0 Å². The van der Waals surface area contributed by atoms with Crippen LogP contribution in [0.15, 0.2) is 34.7 Å². The van der Waals surface area contributed by atoms with Gasteiger partial charge < -0.3 is 19.2 Å². The van der Waals surface area contributed by atoms with Crippen molar-refractivity contribution >= 4 is 11.6 Å². The maximum atomic E-state index is 5.87. The molecule has 0 radical (unpaired) electrons. The van der Waals surface area contributed by atoms with Gasteiger partial charge in [0.25, 0.3) is 0 Å². The Morgan fingerprint density at radius 2 is 2.00 bits per heavy atom. The van der Waals surface area contributed by atoms with E-state index in [-0.39, 0.29) is 6.04 Å². The minimum absolute atomic E-state index is 0.117. The first kappa shape index (κ1) is 14.8. The third-order valence-corrected chi connectivity index (χ3v) is 3.24. The molecule has 0 fully saturated rings. The first-order chi connectivity index (χ1) is 9.69. The molecule has 5 heteroatoms. The molecule has 0 amide bonds. The van der Waals surface area contributed by atoms with Crippen LogP contribution in [0.1, 0.15) is 24.3 Å². The fourth-order valence-electron chi connectivity index (χ4n) is 2.11. The number of hydrogen-bond donors (Lipinski definition) is 1. The lowest BCUT2D eigenvalue weighted by Gasteiger charge is -2.19. The second kappa shape index (κ2) is 6.68. The van der Waals surface area contributed by atoms with E-state index < -0.39 is 0 Å². The molecule has 0 bridgehead atoms. The van der Waals surface area contributed by atoms with Gasteiger partial charge in [-0.05, 0) is 42.4 Å². The number of furan rings is 1. The van der Waals surface area contributed by atoms with Gasteiger partial charge >= 0.3 is 0 Å². The van der Waals surface area contributed by atoms with Gasteiger partial charge in [0.15, 0.2) is 5.22 Å². The molecule has 1 N–H and O–H groups in total. The van der Waals surface area contributed by atoms with E-state index in [0.29, 0.717) is 5.22 Å². The van der Waals surface area contributed by atoms with Crippen molar-refractivity contribution < 1.29 is 13.9 Å². The molecule has 0 spiro atoms. The molecule has 20 heavy (non-hydrogen) atoms. The Bertz CT molecular complexity index is 568. The Labute approximate surface area is 123 Å². The number of methoxy groups -OCH3 is 2. The summed E-state index contributed by atoms with van der Waals surface area (Å²) in [5, 5.41) is 3.74. The smallest absolute Gasteiger partial charge is 0.193 e. The highest BCUT2D eigenvalue weighted by molar-refractivity contribution is 6.28. The van der Waals surface area contributed by atoms with Crippen molar-refractivity contribution in [2.45, 2.75) is 13.0 Å². The van der Waals surface area contributed by atoms with Gasteiger partial charge in [-0.1, -0.05) is 6.92 Å². The van der Waals surface area contributed by atoms with Crippen molar-refractivity contribution in [1.29, 1.82) is 0 Å². The normalized spacial score (nSPS) is 12.2. The first-order valence-corrected chi connectivity index (χ1v) is 6.78. The summed E-state index contributed by atoms with van der Waals surface area (Å²) in [4.78, 5) is 0. The van der Waals surface area contributed by atoms with E-state index in [1.807, 2.05) is 31.2 Å². The van der Waals surface area contributed by atoms with E-state index in [9.17, 15) is 0 Å². The summed E-state index contributed by atoms with van der Waals surface area (Å²) in [6, 6.07) is 9.18. The molecule has 1 aromatic carbocycles. The van der Waals surface area contributed by atoms with Crippen molar-refractivity contribution in [1.82, 2.24) is 5.32 Å². The summed E-state index contributed by atoms with van der Waals surface area (Å²) >= 11 is 5.87. The molecule has 1 atom stereocenters. The maximum absolute atomic E-state index is 5.87. The molecule has 108 valence electrons. The standard InChI is InChI=1S/C15H18ClNO3/c1-4-17-15(12-7-8-14(16)20-12)11-6-5-10(18-2)9-13(11)19-3/h5-9,15,17H,4H2,1-3H3. The topological polar surface area (TPSA) is 43.6 Å². The Morgan fingerprint density at radius 3 is 2.55 bits per heavy atom. The van der Waals surface area contributed by atoms with Gasteiger partial charge in [-0.3, -0.25) is 0 Å². The van der Waals surface area contributed by atoms with Crippen molar-refractivity contribution in [2.24, 2.45) is 0 Å². The van der Waals surface area contributed by atoms with Crippen LogP contribution in [-0.4, -0.2) is 20.8 Å². The Morgan fingerprint density at radius 1 is 1.20 bits per heavy atom. The number of ether oxygens (including phenoxy) is 2. The van der Waals surface area contributed by atoms with E-state index in [0.717, 1.165) is 29.4 Å². The zero-order valence-electron chi connectivity index (χ0n) is 11.8. The van der Waals surface area contributed by atoms with Crippen molar-refractivity contribution in [3.8, 4) is 11.5 Å². The second-order valence-corrected chi connectivity index (χ2v) is 4.61.